The number of hydrogen-bond donors (Lipinski definition) is 1. The number of halogens is 1. The van der Waals surface area contributed by atoms with Crippen LogP contribution < -0.4 is 20.4 Å². The second kappa shape index (κ2) is 32.3. The molecular weight excluding hydrogens is 1430 g/mol. The van der Waals surface area contributed by atoms with Crippen LogP contribution in [0.2, 0.25) is 0 Å². The molecule has 0 radical (unpaired) electrons. The van der Waals surface area contributed by atoms with E-state index < -0.39 is 5.82 Å². The third kappa shape index (κ3) is 15.8. The van der Waals surface area contributed by atoms with Crippen LogP contribution in [0.25, 0.3) is 83.3 Å². The Morgan fingerprint density at radius 3 is 1.18 bits per heavy atom. The Labute approximate surface area is 656 Å². The average molecular weight is 1510 g/mol. The Balaban J connectivity index is 0.000000129. The van der Waals surface area contributed by atoms with Crippen LogP contribution in [0.1, 0.15) is 70.8 Å². The Morgan fingerprint density at radius 1 is 0.430 bits per heavy atom. The SMILES string of the molecule is Cc1nn2cc(-c3cnn(C)c3)cc(-c3ccc(N4CCC(Cc5ccccn5)CC4)nc3)c2c1C#N.Cc1nn2cc(-c3cnn(C)c3)cc(-c3ccc(N4CCN(C(=O)Cc5ccc(F)cn5)CC4)nc3)c2c1C#N.Cn1cc(-c2cc(-c3ccc(N4CCC(Cc5ccccn5)CC4)nc3)c3c(C#N)c(N)nn3c2)cn1. The molecule has 0 saturated carbocycles. The fourth-order valence-corrected chi connectivity index (χ4v) is 15.5. The average Bonchev–Trinajstić information content (AvgIpc) is 1.56. The number of piperazine rings is 1. The quantitative estimate of drug-likeness (QED) is 0.0996. The van der Waals surface area contributed by atoms with Gasteiger partial charge in [0.2, 0.25) is 5.91 Å². The van der Waals surface area contributed by atoms with Gasteiger partial charge in [-0.05, 0) is 155 Å². The minimum absolute atomic E-state index is 0.0241. The summed E-state index contributed by atoms with van der Waals surface area (Å²) in [6.07, 6.45) is 34.3. The van der Waals surface area contributed by atoms with Crippen LogP contribution in [-0.2, 0) is 45.2 Å². The van der Waals surface area contributed by atoms with Gasteiger partial charge in [-0.3, -0.25) is 33.8 Å². The van der Waals surface area contributed by atoms with Gasteiger partial charge < -0.3 is 25.3 Å². The minimum Gasteiger partial charge on any atom is -0.381 e. The molecule has 2 N–H and O–H groups in total. The van der Waals surface area contributed by atoms with E-state index >= 15 is 0 Å². The highest BCUT2D eigenvalue weighted by atomic mass is 19.1. The first-order valence-corrected chi connectivity index (χ1v) is 37.9. The molecule has 3 aliphatic rings. The Hall–Kier alpha value is -14.3. The van der Waals surface area contributed by atoms with Crippen LogP contribution in [-0.4, -0.2) is 151 Å². The van der Waals surface area contributed by atoms with Crippen molar-refractivity contribution in [3.63, 3.8) is 0 Å². The molecule has 0 aromatic carbocycles. The number of hydrogen-bond acceptors (Lipinski definition) is 20. The molecule has 0 unspecified atom stereocenters. The van der Waals surface area contributed by atoms with Gasteiger partial charge in [0.1, 0.15) is 58.2 Å². The summed E-state index contributed by atoms with van der Waals surface area (Å²) in [5.41, 5.74) is 25.2. The second-order valence-electron chi connectivity index (χ2n) is 29.2. The number of piperidine rings is 2. The van der Waals surface area contributed by atoms with Gasteiger partial charge in [0.15, 0.2) is 5.82 Å². The Kier molecular flexibility index (Phi) is 20.9. The summed E-state index contributed by atoms with van der Waals surface area (Å²) < 4.78 is 23.7. The molecule has 3 saturated heterocycles. The van der Waals surface area contributed by atoms with Gasteiger partial charge in [0, 0.05) is 226 Å². The van der Waals surface area contributed by atoms with Crippen LogP contribution in [0, 0.1) is 65.5 Å². The summed E-state index contributed by atoms with van der Waals surface area (Å²) in [6, 6.07) is 40.5. The van der Waals surface area contributed by atoms with Gasteiger partial charge in [0.05, 0.1) is 59.1 Å². The summed E-state index contributed by atoms with van der Waals surface area (Å²) in [4.78, 5) is 48.8. The summed E-state index contributed by atoms with van der Waals surface area (Å²) in [6.45, 7) is 10.1. The first kappa shape index (κ1) is 73.8. The number of aryl methyl sites for hydroxylation is 5. The minimum atomic E-state index is -0.417. The number of anilines is 4. The maximum Gasteiger partial charge on any atom is 0.228 e. The van der Waals surface area contributed by atoms with Crippen LogP contribution in [0.4, 0.5) is 27.7 Å². The monoisotopic (exact) mass is 1510 g/mol. The largest absolute Gasteiger partial charge is 0.381 e. The van der Waals surface area contributed by atoms with Gasteiger partial charge >= 0.3 is 0 Å². The van der Waals surface area contributed by atoms with Crippen molar-refractivity contribution >= 4 is 45.7 Å². The molecule has 27 nitrogen and oxygen atoms in total. The zero-order valence-corrected chi connectivity index (χ0v) is 63.8. The maximum atomic E-state index is 13.1. The Morgan fingerprint density at radius 2 is 0.833 bits per heavy atom. The number of carbonyl (C=O) groups excluding carboxylic acids is 1. The summed E-state index contributed by atoms with van der Waals surface area (Å²) in [7, 11) is 5.65. The molecule has 28 heteroatoms. The van der Waals surface area contributed by atoms with Crippen molar-refractivity contribution in [2.75, 3.05) is 72.8 Å². The lowest BCUT2D eigenvalue weighted by atomic mass is 9.92. The Bertz CT molecular complexity index is 5850. The first-order valence-electron chi connectivity index (χ1n) is 37.9. The van der Waals surface area contributed by atoms with Crippen LogP contribution in [0.15, 0.2) is 196 Å². The van der Waals surface area contributed by atoms with Crippen molar-refractivity contribution in [3.8, 4) is 85.0 Å². The first-order chi connectivity index (χ1) is 55.6. The van der Waals surface area contributed by atoms with Crippen molar-refractivity contribution in [2.24, 2.45) is 33.0 Å². The number of fused-ring (bicyclic) bond motifs is 3. The zero-order chi connectivity index (χ0) is 78.5. The van der Waals surface area contributed by atoms with Crippen molar-refractivity contribution in [2.45, 2.75) is 58.8 Å². The van der Waals surface area contributed by atoms with E-state index in [1.165, 1.54) is 17.5 Å². The highest BCUT2D eigenvalue weighted by molar-refractivity contribution is 5.92. The standard InChI is InChI=1S/C29H26FN9O.C29H28N8.C28H27N9/c1-19-26(13-31)29-25(11-21(18-39(29)35-19)22-15-34-36(2)17-22)20-3-6-27(33-14-20)37-7-9-38(10-8-37)28(40)12-24-5-4-23(30)16-32-24;1-20-27(15-30)29-26(14-23(19-37(29)34-20)24-17-33-35(2)18-24)22-6-7-28(32-16-22)36-11-8-21(9-12-36)13-25-5-3-4-10-31-25;1-35-17-22(16-33-35)21-13-24(27-25(14-29)28(30)34-37(27)18-21)20-5-6-26(32-15-20)36-10-7-19(8-11-36)12-23-4-2-3-9-31-23/h3-6,11,14-18H,7-10,12H2,1-2H3;3-7,10,14,16-19,21H,8-9,11-13H2,1-2H3;2-6,9,13,15-19H,7-8,10-12H2,1H3,(H2,30,34). The van der Waals surface area contributed by atoms with E-state index in [0.29, 0.717) is 77.3 Å². The molecule has 0 bridgehead atoms. The lowest BCUT2D eigenvalue weighted by molar-refractivity contribution is -0.130. The molecule has 568 valence electrons. The smallest absolute Gasteiger partial charge is 0.228 e. The predicted octanol–water partition coefficient (Wildman–Crippen LogP) is 12.3. The third-order valence-electron chi connectivity index (χ3n) is 21.6. The number of nitrogen functional groups attached to an aromatic ring is 1. The fourth-order valence-electron chi connectivity index (χ4n) is 15.5. The fraction of sp³-hybridized carbons (Fsp3) is 0.256. The molecule has 114 heavy (non-hydrogen) atoms. The summed E-state index contributed by atoms with van der Waals surface area (Å²) >= 11 is 0. The molecule has 0 atom stereocenters. The second-order valence-corrected chi connectivity index (χ2v) is 29.2. The molecule has 0 spiro atoms. The molecule has 15 aromatic heterocycles. The molecule has 3 fully saturated rings. The number of pyridine rings is 9. The van der Waals surface area contributed by atoms with Crippen LogP contribution >= 0.6 is 0 Å². The van der Waals surface area contributed by atoms with E-state index in [9.17, 15) is 25.0 Å². The highest BCUT2D eigenvalue weighted by Crippen LogP contribution is 2.39. The number of nitrogens with two attached hydrogens (primary N) is 1. The molecule has 18 rings (SSSR count). The molecule has 3 aliphatic heterocycles. The van der Waals surface area contributed by atoms with Gasteiger partial charge in [-0.1, -0.05) is 12.1 Å². The topological polar surface area (TPSA) is 310 Å². The van der Waals surface area contributed by atoms with E-state index in [-0.39, 0.29) is 18.1 Å². The molecule has 0 aliphatic carbocycles. The number of aromatic nitrogens is 18. The van der Waals surface area contributed by atoms with Gasteiger partial charge in [-0.2, -0.15) is 41.3 Å². The lowest BCUT2D eigenvalue weighted by Gasteiger charge is -2.35. The normalized spacial score (nSPS) is 14.0. The van der Waals surface area contributed by atoms with Crippen molar-refractivity contribution in [1.29, 1.82) is 15.8 Å². The molecule has 1 amide bonds. The van der Waals surface area contributed by atoms with E-state index in [1.54, 1.807) is 35.3 Å². The van der Waals surface area contributed by atoms with Gasteiger partial charge in [-0.25, -0.2) is 32.9 Å². The van der Waals surface area contributed by atoms with E-state index in [4.69, 9.17) is 20.7 Å². The maximum absolute atomic E-state index is 13.1. The van der Waals surface area contributed by atoms with Crippen molar-refractivity contribution in [3.05, 3.63) is 247 Å². The molecule has 15 aromatic rings. The molecule has 18 heterocycles. The number of amides is 1. The number of nitriles is 3. The number of rotatable bonds is 15. The lowest BCUT2D eigenvalue weighted by Crippen LogP contribution is -2.49. The van der Waals surface area contributed by atoms with Crippen molar-refractivity contribution < 1.29 is 9.18 Å². The predicted molar refractivity (Wildman–Crippen MR) is 432 cm³/mol. The van der Waals surface area contributed by atoms with E-state index in [1.807, 2.05) is 161 Å². The number of nitrogens with zero attached hydrogens (tertiary/aromatic N) is 25. The van der Waals surface area contributed by atoms with Crippen molar-refractivity contribution in [1.82, 2.24) is 93.0 Å². The van der Waals surface area contributed by atoms with E-state index in [2.05, 4.69) is 133 Å². The van der Waals surface area contributed by atoms with E-state index in [0.717, 1.165) is 166 Å². The summed E-state index contributed by atoms with van der Waals surface area (Å²) in [5, 5.41) is 56.0. The highest BCUT2D eigenvalue weighted by Gasteiger charge is 2.28. The van der Waals surface area contributed by atoms with Crippen LogP contribution in [0.3, 0.4) is 0 Å². The number of carbonyl (C=O) groups is 1. The van der Waals surface area contributed by atoms with Gasteiger partial charge in [0.25, 0.3) is 0 Å². The molecular formula is C86H81FN26O. The summed E-state index contributed by atoms with van der Waals surface area (Å²) in [5.74, 6) is 3.85. The zero-order valence-electron chi connectivity index (χ0n) is 63.8. The van der Waals surface area contributed by atoms with Crippen LogP contribution in [0.5, 0.6) is 0 Å². The third-order valence-corrected chi connectivity index (χ3v) is 21.6. The van der Waals surface area contributed by atoms with Gasteiger partial charge in [-0.15, -0.1) is 5.10 Å².